The zero-order valence-corrected chi connectivity index (χ0v) is 14.6. The predicted octanol–water partition coefficient (Wildman–Crippen LogP) is 2.77. The molecular formula is C19H23N3O2. The Hall–Kier alpha value is -2.56. The monoisotopic (exact) mass is 325 g/mol. The Balaban J connectivity index is 2.22. The summed E-state index contributed by atoms with van der Waals surface area (Å²) in [5.74, 6) is 0.318. The minimum absolute atomic E-state index is 0.0888. The smallest absolute Gasteiger partial charge is 0.331 e. The molecule has 5 nitrogen and oxygen atoms in total. The maximum atomic E-state index is 12.5. The number of hydrogen-bond donors (Lipinski definition) is 0. The summed E-state index contributed by atoms with van der Waals surface area (Å²) in [6, 6.07) is 10.2. The third-order valence-electron chi connectivity index (χ3n) is 4.45. The van der Waals surface area contributed by atoms with Crippen LogP contribution < -0.4 is 11.2 Å². The Bertz CT molecular complexity index is 977. The normalized spacial score (nSPS) is 12.9. The number of aromatic nitrogens is 3. The molecule has 3 rings (SSSR count). The van der Waals surface area contributed by atoms with Gasteiger partial charge in [-0.3, -0.25) is 13.9 Å². The van der Waals surface area contributed by atoms with Crippen LogP contribution in [0.5, 0.6) is 0 Å². The molecule has 0 aliphatic rings. The van der Waals surface area contributed by atoms with Gasteiger partial charge in [-0.1, -0.05) is 44.2 Å². The maximum absolute atomic E-state index is 12.5. The predicted molar refractivity (Wildman–Crippen MR) is 96.5 cm³/mol. The van der Waals surface area contributed by atoms with Gasteiger partial charge >= 0.3 is 5.69 Å². The first-order chi connectivity index (χ1) is 11.4. The first-order valence-electron chi connectivity index (χ1n) is 8.26. The van der Waals surface area contributed by atoms with Gasteiger partial charge in [0.05, 0.1) is 16.9 Å². The van der Waals surface area contributed by atoms with Crippen LogP contribution in [0, 0.1) is 5.92 Å². The van der Waals surface area contributed by atoms with Crippen LogP contribution in [0.25, 0.3) is 10.9 Å². The van der Waals surface area contributed by atoms with E-state index >= 15 is 0 Å². The lowest BCUT2D eigenvalue weighted by atomic mass is 10.1. The largest absolute Gasteiger partial charge is 0.344 e. The highest BCUT2D eigenvalue weighted by atomic mass is 16.2. The Kier molecular flexibility index (Phi) is 4.18. The number of hydrogen-bond acceptors (Lipinski definition) is 2. The van der Waals surface area contributed by atoms with Gasteiger partial charge in [-0.25, -0.2) is 4.79 Å². The molecule has 0 saturated heterocycles. The van der Waals surface area contributed by atoms with E-state index < -0.39 is 0 Å². The Labute approximate surface area is 140 Å². The summed E-state index contributed by atoms with van der Waals surface area (Å²) < 4.78 is 4.91. The molecule has 0 fully saturated rings. The first kappa shape index (κ1) is 16.3. The quantitative estimate of drug-likeness (QED) is 0.740. The zero-order chi connectivity index (χ0) is 17.4. The molecule has 0 radical (unpaired) electrons. The Morgan fingerprint density at radius 3 is 2.29 bits per heavy atom. The molecule has 0 aliphatic carbocycles. The van der Waals surface area contributed by atoms with Crippen molar-refractivity contribution in [2.24, 2.45) is 13.0 Å². The molecule has 0 unspecified atom stereocenters. The van der Waals surface area contributed by atoms with Crippen molar-refractivity contribution in [3.8, 4) is 0 Å². The Morgan fingerprint density at radius 1 is 1.00 bits per heavy atom. The van der Waals surface area contributed by atoms with Crippen LogP contribution in [0.2, 0.25) is 0 Å². The van der Waals surface area contributed by atoms with Crippen LogP contribution in [0.1, 0.15) is 32.4 Å². The van der Waals surface area contributed by atoms with Crippen molar-refractivity contribution < 1.29 is 0 Å². The summed E-state index contributed by atoms with van der Waals surface area (Å²) >= 11 is 0. The van der Waals surface area contributed by atoms with E-state index in [1.807, 2.05) is 35.2 Å². The van der Waals surface area contributed by atoms with E-state index in [1.165, 1.54) is 4.57 Å². The average molecular weight is 325 g/mol. The molecule has 0 saturated carbocycles. The summed E-state index contributed by atoms with van der Waals surface area (Å²) in [5, 5.41) is 0.584. The number of benzene rings is 1. The lowest BCUT2D eigenvalue weighted by Gasteiger charge is -2.14. The SMILES string of the molecule is CC(C)Cn1c(=O)n(C)c(=O)c2cn([C@@H](C)c3ccccc3)cc21. The first-order valence-corrected chi connectivity index (χ1v) is 8.26. The van der Waals surface area contributed by atoms with Crippen LogP contribution in [-0.4, -0.2) is 13.7 Å². The molecule has 1 atom stereocenters. The van der Waals surface area contributed by atoms with Gasteiger partial charge in [-0.15, -0.1) is 0 Å². The van der Waals surface area contributed by atoms with Crippen LogP contribution in [0.3, 0.4) is 0 Å². The fourth-order valence-corrected chi connectivity index (χ4v) is 3.06. The summed E-state index contributed by atoms with van der Waals surface area (Å²) in [6.45, 7) is 6.80. The average Bonchev–Trinajstić information content (AvgIpc) is 3.02. The fraction of sp³-hybridized carbons (Fsp3) is 0.368. The molecule has 0 aliphatic heterocycles. The van der Waals surface area contributed by atoms with E-state index in [4.69, 9.17) is 0 Å². The number of rotatable bonds is 4. The van der Waals surface area contributed by atoms with Crippen molar-refractivity contribution in [1.82, 2.24) is 13.7 Å². The second kappa shape index (κ2) is 6.15. The molecule has 3 aromatic rings. The molecule has 0 spiro atoms. The van der Waals surface area contributed by atoms with Crippen molar-refractivity contribution in [2.75, 3.05) is 0 Å². The minimum Gasteiger partial charge on any atom is -0.344 e. The lowest BCUT2D eigenvalue weighted by Crippen LogP contribution is -2.38. The highest BCUT2D eigenvalue weighted by Gasteiger charge is 2.16. The lowest BCUT2D eigenvalue weighted by molar-refractivity contribution is 0.502. The van der Waals surface area contributed by atoms with Crippen LogP contribution in [0.4, 0.5) is 0 Å². The molecule has 5 heteroatoms. The van der Waals surface area contributed by atoms with Crippen molar-refractivity contribution >= 4 is 10.9 Å². The van der Waals surface area contributed by atoms with Gasteiger partial charge in [0.2, 0.25) is 0 Å². The fourth-order valence-electron chi connectivity index (χ4n) is 3.06. The zero-order valence-electron chi connectivity index (χ0n) is 14.6. The maximum Gasteiger partial charge on any atom is 0.331 e. The van der Waals surface area contributed by atoms with Gasteiger partial charge in [0.25, 0.3) is 5.56 Å². The van der Waals surface area contributed by atoms with E-state index in [2.05, 4.69) is 32.9 Å². The van der Waals surface area contributed by atoms with Crippen LogP contribution >= 0.6 is 0 Å². The van der Waals surface area contributed by atoms with Gasteiger partial charge in [0.1, 0.15) is 0 Å². The summed E-state index contributed by atoms with van der Waals surface area (Å²) in [6.07, 6.45) is 3.77. The summed E-state index contributed by atoms with van der Waals surface area (Å²) in [7, 11) is 1.54. The molecule has 0 bridgehead atoms. The van der Waals surface area contributed by atoms with E-state index in [-0.39, 0.29) is 17.3 Å². The second-order valence-electron chi connectivity index (χ2n) is 6.74. The third-order valence-corrected chi connectivity index (χ3v) is 4.45. The minimum atomic E-state index is -0.258. The highest BCUT2D eigenvalue weighted by Crippen LogP contribution is 2.21. The van der Waals surface area contributed by atoms with Crippen molar-refractivity contribution in [2.45, 2.75) is 33.4 Å². The molecule has 126 valence electrons. The molecule has 0 amide bonds. The number of nitrogens with zero attached hydrogens (tertiary/aromatic N) is 3. The molecule has 2 aromatic heterocycles. The van der Waals surface area contributed by atoms with Crippen molar-refractivity contribution in [1.29, 1.82) is 0 Å². The van der Waals surface area contributed by atoms with E-state index in [9.17, 15) is 9.59 Å². The summed E-state index contributed by atoms with van der Waals surface area (Å²) in [5.41, 5.74) is 1.37. The van der Waals surface area contributed by atoms with E-state index in [0.717, 1.165) is 5.56 Å². The topological polar surface area (TPSA) is 48.9 Å². The second-order valence-corrected chi connectivity index (χ2v) is 6.74. The van der Waals surface area contributed by atoms with Crippen LogP contribution in [0.15, 0.2) is 52.3 Å². The van der Waals surface area contributed by atoms with Gasteiger partial charge in [0.15, 0.2) is 0 Å². The van der Waals surface area contributed by atoms with E-state index in [0.29, 0.717) is 23.4 Å². The molecular weight excluding hydrogens is 302 g/mol. The molecule has 24 heavy (non-hydrogen) atoms. The Morgan fingerprint density at radius 2 is 1.67 bits per heavy atom. The standard InChI is InChI=1S/C19H23N3O2/c1-13(2)10-22-17-12-21(14(3)15-8-6-5-7-9-15)11-16(17)18(23)20(4)19(22)24/h5-9,11-14H,10H2,1-4H3/t14-/m0/s1. The van der Waals surface area contributed by atoms with E-state index in [1.54, 1.807) is 11.6 Å². The van der Waals surface area contributed by atoms with Crippen molar-refractivity contribution in [3.63, 3.8) is 0 Å². The molecule has 2 heterocycles. The highest BCUT2D eigenvalue weighted by molar-refractivity contribution is 5.77. The van der Waals surface area contributed by atoms with Gasteiger partial charge < -0.3 is 4.57 Å². The summed E-state index contributed by atoms with van der Waals surface area (Å²) in [4.78, 5) is 25.0. The van der Waals surface area contributed by atoms with Gasteiger partial charge in [0, 0.05) is 26.0 Å². The van der Waals surface area contributed by atoms with Gasteiger partial charge in [-0.2, -0.15) is 0 Å². The van der Waals surface area contributed by atoms with Crippen LogP contribution in [-0.2, 0) is 13.6 Å². The third kappa shape index (κ3) is 2.70. The van der Waals surface area contributed by atoms with Gasteiger partial charge in [-0.05, 0) is 18.4 Å². The number of fused-ring (bicyclic) bond motifs is 1. The molecule has 0 N–H and O–H groups in total. The molecule has 1 aromatic carbocycles. The van der Waals surface area contributed by atoms with Crippen molar-refractivity contribution in [3.05, 3.63) is 69.1 Å².